The molecule has 0 atom stereocenters. The average Bonchev–Trinajstić information content (AvgIpc) is 3.28. The maximum Gasteiger partial charge on any atom is 0.294 e. The average molecular weight is 423 g/mol. The van der Waals surface area contributed by atoms with E-state index in [0.29, 0.717) is 23.5 Å². The Bertz CT molecular complexity index is 986. The summed E-state index contributed by atoms with van der Waals surface area (Å²) in [6.07, 6.45) is 4.86. The number of hydrogen-bond acceptors (Lipinski definition) is 4. The van der Waals surface area contributed by atoms with Crippen LogP contribution in [0.3, 0.4) is 0 Å². The van der Waals surface area contributed by atoms with Crippen molar-refractivity contribution in [3.8, 4) is 5.75 Å². The number of anilines is 1. The van der Waals surface area contributed by atoms with Crippen LogP contribution in [0.1, 0.15) is 24.8 Å². The summed E-state index contributed by atoms with van der Waals surface area (Å²) < 4.78 is 19.3. The van der Waals surface area contributed by atoms with Gasteiger partial charge in [0.25, 0.3) is 5.91 Å². The molecule has 6 nitrogen and oxygen atoms in total. The Morgan fingerprint density at radius 2 is 1.94 bits per heavy atom. The molecule has 0 radical (unpaired) electrons. The van der Waals surface area contributed by atoms with E-state index in [1.54, 1.807) is 36.4 Å². The summed E-state index contributed by atoms with van der Waals surface area (Å²) in [5, 5.41) is 2.91. The topological polar surface area (TPSA) is 61.9 Å². The zero-order chi connectivity index (χ0) is 21.6. The molecule has 2 amide bonds. The summed E-state index contributed by atoms with van der Waals surface area (Å²) in [6.45, 7) is 3.70. The second-order valence-corrected chi connectivity index (χ2v) is 7.78. The van der Waals surface area contributed by atoms with Crippen molar-refractivity contribution < 1.29 is 18.7 Å². The fraction of sp³-hybridized carbons (Fsp3) is 0.333. The van der Waals surface area contributed by atoms with Crippen molar-refractivity contribution in [3.63, 3.8) is 0 Å². The lowest BCUT2D eigenvalue weighted by Crippen LogP contribution is -2.44. The van der Waals surface area contributed by atoms with E-state index in [1.165, 1.54) is 36.0 Å². The lowest BCUT2D eigenvalue weighted by Gasteiger charge is -2.30. The van der Waals surface area contributed by atoms with Crippen molar-refractivity contribution in [1.82, 2.24) is 10.2 Å². The number of benzene rings is 2. The van der Waals surface area contributed by atoms with Crippen LogP contribution >= 0.6 is 0 Å². The van der Waals surface area contributed by atoms with Gasteiger partial charge in [-0.25, -0.2) is 4.39 Å². The lowest BCUT2D eigenvalue weighted by molar-refractivity contribution is -0.123. The number of likely N-dealkylation sites (tertiary alicyclic amines) is 1. The summed E-state index contributed by atoms with van der Waals surface area (Å²) in [7, 11) is 0. The molecule has 1 fully saturated rings. The molecule has 1 N–H and O–H groups in total. The largest absolute Gasteiger partial charge is 0.449 e. The minimum Gasteiger partial charge on any atom is -0.449 e. The number of nitrogens with one attached hydrogen (secondary N) is 1. The van der Waals surface area contributed by atoms with Crippen LogP contribution in [0.5, 0.6) is 5.75 Å². The number of nitrogens with zero attached hydrogens (tertiary/aromatic N) is 2. The normalized spacial score (nSPS) is 17.5. The molecule has 0 unspecified atom stereocenters. The standard InChI is InChI=1S/C24H26FN3O3/c25-19-8-5-7-18(15-19)16-22-24(30)28(20-9-1-2-10-21(20)31-22)17-23(29)26-11-6-14-27-12-3-4-13-27/h1-2,5,7-10,15-16H,3-4,6,11-14,17H2,(H,26,29)/b22-16+. The summed E-state index contributed by atoms with van der Waals surface area (Å²) in [6, 6.07) is 13.0. The Hall–Kier alpha value is -3.19. The summed E-state index contributed by atoms with van der Waals surface area (Å²) in [4.78, 5) is 29.4. The molecule has 162 valence electrons. The van der Waals surface area contributed by atoms with Gasteiger partial charge in [0.15, 0.2) is 11.5 Å². The van der Waals surface area contributed by atoms with E-state index in [2.05, 4.69) is 10.2 Å². The van der Waals surface area contributed by atoms with E-state index in [0.717, 1.165) is 26.1 Å². The first-order valence-electron chi connectivity index (χ1n) is 10.7. The number of hydrogen-bond donors (Lipinski definition) is 1. The predicted octanol–water partition coefficient (Wildman–Crippen LogP) is 3.19. The van der Waals surface area contributed by atoms with Crippen molar-refractivity contribution >= 4 is 23.6 Å². The molecular weight excluding hydrogens is 397 g/mol. The maximum absolute atomic E-state index is 13.5. The van der Waals surface area contributed by atoms with Gasteiger partial charge in [0.05, 0.1) is 5.69 Å². The van der Waals surface area contributed by atoms with Crippen molar-refractivity contribution in [3.05, 3.63) is 65.7 Å². The Morgan fingerprint density at radius 3 is 2.74 bits per heavy atom. The van der Waals surface area contributed by atoms with Gasteiger partial charge in [-0.05, 0) is 74.8 Å². The molecule has 2 aromatic carbocycles. The van der Waals surface area contributed by atoms with Crippen LogP contribution in [0.15, 0.2) is 54.3 Å². The molecule has 2 aromatic rings. The monoisotopic (exact) mass is 423 g/mol. The SMILES string of the molecule is O=C(CN1C(=O)/C(=C\c2cccc(F)c2)Oc2ccccc21)NCCCN1CCCC1. The van der Waals surface area contributed by atoms with Gasteiger partial charge < -0.3 is 15.0 Å². The molecule has 0 aromatic heterocycles. The molecule has 2 heterocycles. The molecule has 7 heteroatoms. The van der Waals surface area contributed by atoms with E-state index in [9.17, 15) is 14.0 Å². The molecule has 0 saturated carbocycles. The van der Waals surface area contributed by atoms with Crippen molar-refractivity contribution in [2.24, 2.45) is 0 Å². The number of rotatable bonds is 7. The van der Waals surface area contributed by atoms with Crippen molar-refractivity contribution in [2.45, 2.75) is 19.3 Å². The van der Waals surface area contributed by atoms with Crippen molar-refractivity contribution in [1.29, 1.82) is 0 Å². The predicted molar refractivity (Wildman–Crippen MR) is 117 cm³/mol. The second-order valence-electron chi connectivity index (χ2n) is 7.78. The number of para-hydroxylation sites is 2. The lowest BCUT2D eigenvalue weighted by atomic mass is 10.1. The zero-order valence-electron chi connectivity index (χ0n) is 17.4. The number of carbonyl (C=O) groups excluding carboxylic acids is 2. The second kappa shape index (κ2) is 9.75. The third-order valence-electron chi connectivity index (χ3n) is 5.45. The van der Waals surface area contributed by atoms with Gasteiger partial charge in [0.1, 0.15) is 12.4 Å². The molecule has 2 aliphatic heterocycles. The highest BCUT2D eigenvalue weighted by molar-refractivity contribution is 6.12. The van der Waals surface area contributed by atoms with Crippen LogP contribution in [0.25, 0.3) is 6.08 Å². The third kappa shape index (κ3) is 5.30. The maximum atomic E-state index is 13.5. The fourth-order valence-electron chi connectivity index (χ4n) is 3.90. The third-order valence-corrected chi connectivity index (χ3v) is 5.45. The number of halogens is 1. The van der Waals surface area contributed by atoms with Gasteiger partial charge in [-0.1, -0.05) is 24.3 Å². The van der Waals surface area contributed by atoms with E-state index >= 15 is 0 Å². The van der Waals surface area contributed by atoms with Crippen LogP contribution < -0.4 is 15.0 Å². The van der Waals surface area contributed by atoms with Gasteiger partial charge in [-0.2, -0.15) is 0 Å². The van der Waals surface area contributed by atoms with E-state index < -0.39 is 11.7 Å². The van der Waals surface area contributed by atoms with Crippen LogP contribution in [0, 0.1) is 5.82 Å². The van der Waals surface area contributed by atoms with Gasteiger partial charge in [0, 0.05) is 6.54 Å². The first kappa shape index (κ1) is 21.1. The van der Waals surface area contributed by atoms with Gasteiger partial charge in [0.2, 0.25) is 5.91 Å². The molecule has 1 saturated heterocycles. The van der Waals surface area contributed by atoms with Crippen LogP contribution in [-0.2, 0) is 9.59 Å². The number of amides is 2. The molecule has 0 aliphatic carbocycles. The number of carbonyl (C=O) groups is 2. The summed E-state index contributed by atoms with van der Waals surface area (Å²) >= 11 is 0. The number of ether oxygens (including phenoxy) is 1. The molecule has 4 rings (SSSR count). The first-order valence-corrected chi connectivity index (χ1v) is 10.7. The van der Waals surface area contributed by atoms with E-state index in [4.69, 9.17) is 4.74 Å². The highest BCUT2D eigenvalue weighted by atomic mass is 19.1. The van der Waals surface area contributed by atoms with Crippen molar-refractivity contribution in [2.75, 3.05) is 37.6 Å². The minimum atomic E-state index is -0.435. The Kier molecular flexibility index (Phi) is 6.62. The first-order chi connectivity index (χ1) is 15.1. The number of fused-ring (bicyclic) bond motifs is 1. The quantitative estimate of drug-likeness (QED) is 0.549. The van der Waals surface area contributed by atoms with E-state index in [-0.39, 0.29) is 18.2 Å². The minimum absolute atomic E-state index is 0.0473. The highest BCUT2D eigenvalue weighted by Gasteiger charge is 2.31. The van der Waals surface area contributed by atoms with Crippen LogP contribution in [0.2, 0.25) is 0 Å². The molecule has 0 bridgehead atoms. The Balaban J connectivity index is 1.43. The molecular formula is C24H26FN3O3. The molecule has 31 heavy (non-hydrogen) atoms. The van der Waals surface area contributed by atoms with Gasteiger partial charge in [-0.3, -0.25) is 14.5 Å². The molecule has 2 aliphatic rings. The van der Waals surface area contributed by atoms with Crippen LogP contribution in [0.4, 0.5) is 10.1 Å². The molecule has 0 spiro atoms. The zero-order valence-corrected chi connectivity index (χ0v) is 17.4. The van der Waals surface area contributed by atoms with Gasteiger partial charge >= 0.3 is 0 Å². The highest BCUT2D eigenvalue weighted by Crippen LogP contribution is 2.35. The Morgan fingerprint density at radius 1 is 1.13 bits per heavy atom. The summed E-state index contributed by atoms with van der Waals surface area (Å²) in [5.74, 6) is -0.535. The Labute approximate surface area is 181 Å². The van der Waals surface area contributed by atoms with Crippen LogP contribution in [-0.4, -0.2) is 49.4 Å². The smallest absolute Gasteiger partial charge is 0.294 e. The summed E-state index contributed by atoms with van der Waals surface area (Å²) in [5.41, 5.74) is 1.05. The van der Waals surface area contributed by atoms with E-state index in [1.807, 2.05) is 0 Å². The van der Waals surface area contributed by atoms with Gasteiger partial charge in [-0.15, -0.1) is 0 Å². The fourth-order valence-corrected chi connectivity index (χ4v) is 3.90.